The van der Waals surface area contributed by atoms with E-state index in [2.05, 4.69) is 15.0 Å². The molecule has 2 N–H and O–H groups in total. The van der Waals surface area contributed by atoms with Crippen molar-refractivity contribution >= 4 is 17.1 Å². The molecule has 7 nitrogen and oxygen atoms in total. The van der Waals surface area contributed by atoms with Crippen molar-refractivity contribution in [3.63, 3.8) is 0 Å². The summed E-state index contributed by atoms with van der Waals surface area (Å²) in [6, 6.07) is 3.63. The number of hydrogen-bond donors (Lipinski definition) is 1. The van der Waals surface area contributed by atoms with Gasteiger partial charge in [-0.2, -0.15) is 4.98 Å². The first-order valence-electron chi connectivity index (χ1n) is 5.81. The zero-order valence-corrected chi connectivity index (χ0v) is 10.2. The molecule has 1 fully saturated rings. The minimum absolute atomic E-state index is 0.438. The molecule has 7 heteroatoms. The monoisotopic (exact) mass is 249 g/mol. The second kappa shape index (κ2) is 4.34. The fourth-order valence-electron chi connectivity index (χ4n) is 2.09. The van der Waals surface area contributed by atoms with E-state index in [9.17, 15) is 0 Å². The van der Waals surface area contributed by atoms with Gasteiger partial charge in [-0.1, -0.05) is 0 Å². The Balaban J connectivity index is 2.10. The molecule has 96 valence electrons. The third kappa shape index (κ3) is 1.72. The maximum atomic E-state index is 5.96. The lowest BCUT2D eigenvalue weighted by Crippen LogP contribution is -2.44. The number of pyridine rings is 1. The summed E-state index contributed by atoms with van der Waals surface area (Å²) in [6.07, 6.45) is 0. The van der Waals surface area contributed by atoms with Crippen molar-refractivity contribution in [1.29, 1.82) is 0 Å². The lowest BCUT2D eigenvalue weighted by Gasteiger charge is -2.30. The van der Waals surface area contributed by atoms with Crippen molar-refractivity contribution in [2.45, 2.75) is 0 Å². The maximum Gasteiger partial charge on any atom is 0.222 e. The number of anilines is 1. The van der Waals surface area contributed by atoms with Crippen LogP contribution in [0.1, 0.15) is 0 Å². The van der Waals surface area contributed by atoms with Crippen molar-refractivity contribution < 1.29 is 9.47 Å². The van der Waals surface area contributed by atoms with E-state index in [4.69, 9.17) is 15.2 Å². The largest absolute Gasteiger partial charge is 0.481 e. The highest BCUT2D eigenvalue weighted by Gasteiger charge is 2.18. The predicted molar refractivity (Wildman–Crippen MR) is 67.3 cm³/mol. The lowest BCUT2D eigenvalue weighted by atomic mass is 10.4. The van der Waals surface area contributed by atoms with Gasteiger partial charge in [0.25, 0.3) is 0 Å². The molecular weight excluding hydrogens is 234 g/mol. The number of methoxy groups -OCH3 is 1. The van der Waals surface area contributed by atoms with Gasteiger partial charge in [0.05, 0.1) is 33.4 Å². The highest BCUT2D eigenvalue weighted by Crippen LogP contribution is 2.20. The van der Waals surface area contributed by atoms with Crippen LogP contribution in [0.2, 0.25) is 0 Å². The standard InChI is InChI=1S/C11H15N5O2/c1-17-9-3-2-8-10(14-9)16(11(12)13-8)15-4-6-18-7-5-15/h2-3H,4-7H2,1H3,(H2,12,13). The van der Waals surface area contributed by atoms with E-state index in [-0.39, 0.29) is 0 Å². The number of nitrogens with two attached hydrogens (primary N) is 1. The summed E-state index contributed by atoms with van der Waals surface area (Å²) in [5.41, 5.74) is 7.44. The molecule has 2 aromatic rings. The van der Waals surface area contributed by atoms with E-state index < -0.39 is 0 Å². The van der Waals surface area contributed by atoms with Crippen LogP contribution in [0.15, 0.2) is 12.1 Å². The van der Waals surface area contributed by atoms with Crippen molar-refractivity contribution in [2.24, 2.45) is 0 Å². The quantitative estimate of drug-likeness (QED) is 0.806. The van der Waals surface area contributed by atoms with E-state index in [0.717, 1.165) is 18.6 Å². The molecule has 0 spiro atoms. The van der Waals surface area contributed by atoms with Crippen molar-refractivity contribution in [3.05, 3.63) is 12.1 Å². The molecule has 1 saturated heterocycles. The van der Waals surface area contributed by atoms with Crippen LogP contribution in [0.25, 0.3) is 11.2 Å². The van der Waals surface area contributed by atoms with Gasteiger partial charge in [-0.15, -0.1) is 0 Å². The normalized spacial score (nSPS) is 16.2. The van der Waals surface area contributed by atoms with Gasteiger partial charge in [-0.05, 0) is 6.07 Å². The maximum absolute atomic E-state index is 5.96. The van der Waals surface area contributed by atoms with E-state index in [1.165, 1.54) is 0 Å². The van der Waals surface area contributed by atoms with Gasteiger partial charge < -0.3 is 20.2 Å². The Morgan fingerprint density at radius 1 is 1.28 bits per heavy atom. The lowest BCUT2D eigenvalue weighted by molar-refractivity contribution is 0.112. The number of ether oxygens (including phenoxy) is 2. The summed E-state index contributed by atoms with van der Waals surface area (Å²) in [4.78, 5) is 8.71. The molecule has 0 saturated carbocycles. The zero-order valence-electron chi connectivity index (χ0n) is 10.2. The van der Waals surface area contributed by atoms with Crippen LogP contribution in [-0.4, -0.2) is 48.1 Å². The first kappa shape index (κ1) is 11.1. The predicted octanol–water partition coefficient (Wildman–Crippen LogP) is -0.00970. The third-order valence-corrected chi connectivity index (χ3v) is 2.96. The smallest absolute Gasteiger partial charge is 0.222 e. The minimum atomic E-state index is 0.438. The van der Waals surface area contributed by atoms with Crippen LogP contribution >= 0.6 is 0 Å². The molecule has 0 aliphatic carbocycles. The first-order chi connectivity index (χ1) is 8.79. The first-order valence-corrected chi connectivity index (χ1v) is 5.81. The molecule has 3 rings (SSSR count). The molecular formula is C11H15N5O2. The molecule has 18 heavy (non-hydrogen) atoms. The van der Waals surface area contributed by atoms with Crippen LogP contribution < -0.4 is 15.5 Å². The van der Waals surface area contributed by atoms with Crippen molar-refractivity contribution in [3.8, 4) is 5.88 Å². The Morgan fingerprint density at radius 3 is 2.78 bits per heavy atom. The molecule has 0 bridgehead atoms. The highest BCUT2D eigenvalue weighted by atomic mass is 16.5. The Kier molecular flexibility index (Phi) is 2.67. The SMILES string of the molecule is COc1ccc2nc(N)n(N3CCOCC3)c2n1. The zero-order chi connectivity index (χ0) is 12.5. The summed E-state index contributed by atoms with van der Waals surface area (Å²) in [5.74, 6) is 0.990. The number of hydrogen-bond acceptors (Lipinski definition) is 6. The molecule has 1 aliphatic rings. The fourth-order valence-corrected chi connectivity index (χ4v) is 2.09. The molecule has 2 aromatic heterocycles. The fraction of sp³-hybridized carbons (Fsp3) is 0.455. The number of nitrogen functional groups attached to an aromatic ring is 1. The Labute approximate surface area is 104 Å². The Hall–Kier alpha value is -2.02. The third-order valence-electron chi connectivity index (χ3n) is 2.96. The van der Waals surface area contributed by atoms with Gasteiger partial charge in [0, 0.05) is 6.07 Å². The van der Waals surface area contributed by atoms with Crippen LogP contribution in [0.3, 0.4) is 0 Å². The Morgan fingerprint density at radius 2 is 2.06 bits per heavy atom. The van der Waals surface area contributed by atoms with E-state index in [0.29, 0.717) is 30.7 Å². The summed E-state index contributed by atoms with van der Waals surface area (Å²) < 4.78 is 12.3. The van der Waals surface area contributed by atoms with Crippen molar-refractivity contribution in [1.82, 2.24) is 14.6 Å². The van der Waals surface area contributed by atoms with Gasteiger partial charge in [0.1, 0.15) is 5.52 Å². The van der Waals surface area contributed by atoms with E-state index in [1.807, 2.05) is 10.7 Å². The Bertz CT molecular complexity index is 562. The van der Waals surface area contributed by atoms with Gasteiger partial charge >= 0.3 is 0 Å². The topological polar surface area (TPSA) is 78.4 Å². The molecule has 0 unspecified atom stereocenters. The average Bonchev–Trinajstić information content (AvgIpc) is 2.74. The minimum Gasteiger partial charge on any atom is -0.481 e. The van der Waals surface area contributed by atoms with Crippen molar-refractivity contribution in [2.75, 3.05) is 44.2 Å². The summed E-state index contributed by atoms with van der Waals surface area (Å²) in [7, 11) is 1.59. The van der Waals surface area contributed by atoms with E-state index in [1.54, 1.807) is 13.2 Å². The molecule has 0 radical (unpaired) electrons. The average molecular weight is 249 g/mol. The van der Waals surface area contributed by atoms with Crippen LogP contribution in [-0.2, 0) is 4.74 Å². The van der Waals surface area contributed by atoms with Gasteiger partial charge in [-0.3, -0.25) is 0 Å². The molecule has 0 aromatic carbocycles. The highest BCUT2D eigenvalue weighted by molar-refractivity contribution is 5.75. The molecule has 0 atom stereocenters. The van der Waals surface area contributed by atoms with Gasteiger partial charge in [0.15, 0.2) is 5.65 Å². The molecule has 1 aliphatic heterocycles. The number of fused-ring (bicyclic) bond motifs is 1. The second-order valence-electron chi connectivity index (χ2n) is 4.04. The number of morpholine rings is 1. The summed E-state index contributed by atoms with van der Waals surface area (Å²) in [5, 5.41) is 2.08. The second-order valence-corrected chi connectivity index (χ2v) is 4.04. The van der Waals surface area contributed by atoms with Crippen LogP contribution in [0.5, 0.6) is 5.88 Å². The number of imidazole rings is 1. The number of aromatic nitrogens is 3. The molecule has 3 heterocycles. The summed E-state index contributed by atoms with van der Waals surface area (Å²) >= 11 is 0. The summed E-state index contributed by atoms with van der Waals surface area (Å²) in [6.45, 7) is 2.91. The number of nitrogens with zero attached hydrogens (tertiary/aromatic N) is 4. The van der Waals surface area contributed by atoms with E-state index >= 15 is 0 Å². The van der Waals surface area contributed by atoms with Gasteiger partial charge in [0.2, 0.25) is 11.8 Å². The molecule has 0 amide bonds. The van der Waals surface area contributed by atoms with Gasteiger partial charge in [-0.25, -0.2) is 9.66 Å². The van der Waals surface area contributed by atoms with Crippen LogP contribution in [0, 0.1) is 0 Å². The number of rotatable bonds is 2. The van der Waals surface area contributed by atoms with Crippen LogP contribution in [0.4, 0.5) is 5.95 Å².